The van der Waals surface area contributed by atoms with E-state index in [1.165, 1.54) is 0 Å². The Morgan fingerprint density at radius 2 is 2.42 bits per heavy atom. The predicted octanol–water partition coefficient (Wildman–Crippen LogP) is 0.622. The lowest BCUT2D eigenvalue weighted by Crippen LogP contribution is -2.34. The third-order valence-electron chi connectivity index (χ3n) is 1.84. The van der Waals surface area contributed by atoms with Crippen molar-refractivity contribution >= 4 is 5.91 Å². The Balaban J connectivity index is 2.23. The predicted molar refractivity (Wildman–Crippen MR) is 43.3 cm³/mol. The van der Waals surface area contributed by atoms with Gasteiger partial charge in [0.1, 0.15) is 6.10 Å². The smallest absolute Gasteiger partial charge is 0.272 e. The van der Waals surface area contributed by atoms with E-state index in [0.29, 0.717) is 6.61 Å². The second-order valence-corrected chi connectivity index (χ2v) is 2.91. The summed E-state index contributed by atoms with van der Waals surface area (Å²) in [5.74, 6) is -0.166. The minimum Gasteiger partial charge on any atom is -0.365 e. The molecule has 0 radical (unpaired) electrons. The molecule has 4 nitrogen and oxygen atoms in total. The first-order valence-corrected chi connectivity index (χ1v) is 4.31. The highest BCUT2D eigenvalue weighted by Gasteiger charge is 2.27. The van der Waals surface area contributed by atoms with Crippen LogP contribution in [0.15, 0.2) is 0 Å². The maximum Gasteiger partial charge on any atom is 0.272 e. The topological polar surface area (TPSA) is 47.6 Å². The lowest BCUT2D eigenvalue weighted by atomic mass is 10.2. The van der Waals surface area contributed by atoms with Gasteiger partial charge in [0.2, 0.25) is 0 Å². The minimum atomic E-state index is -0.313. The zero-order valence-electron chi connectivity index (χ0n) is 7.50. The number of rotatable bonds is 3. The van der Waals surface area contributed by atoms with E-state index in [9.17, 15) is 4.79 Å². The Hall–Kier alpha value is -0.610. The molecule has 1 rings (SSSR count). The summed E-state index contributed by atoms with van der Waals surface area (Å²) in [5.41, 5.74) is 2.33. The summed E-state index contributed by atoms with van der Waals surface area (Å²) in [6, 6.07) is 0. The monoisotopic (exact) mass is 173 g/mol. The fourth-order valence-electron chi connectivity index (χ4n) is 1.20. The van der Waals surface area contributed by atoms with Crippen LogP contribution in [0.4, 0.5) is 0 Å². The van der Waals surface area contributed by atoms with Crippen molar-refractivity contribution in [2.75, 3.05) is 6.61 Å². The zero-order valence-corrected chi connectivity index (χ0v) is 7.50. The van der Waals surface area contributed by atoms with Gasteiger partial charge in [-0.25, -0.2) is 5.48 Å². The first-order chi connectivity index (χ1) is 5.74. The highest BCUT2D eigenvalue weighted by Crippen LogP contribution is 2.18. The van der Waals surface area contributed by atoms with E-state index < -0.39 is 0 Å². The summed E-state index contributed by atoms with van der Waals surface area (Å²) >= 11 is 0. The Bertz CT molecular complexity index is 160. The fourth-order valence-corrected chi connectivity index (χ4v) is 1.20. The van der Waals surface area contributed by atoms with Crippen molar-refractivity contribution in [2.24, 2.45) is 0 Å². The third-order valence-corrected chi connectivity index (χ3v) is 1.84. The molecular formula is C8H15NO3. The SMILES string of the molecule is CCONC(=O)[C@@H]1CC[C@H](C)O1. The average molecular weight is 173 g/mol. The van der Waals surface area contributed by atoms with Crippen LogP contribution in [0.5, 0.6) is 0 Å². The van der Waals surface area contributed by atoms with Crippen LogP contribution in [0.3, 0.4) is 0 Å². The molecule has 1 saturated heterocycles. The van der Waals surface area contributed by atoms with E-state index >= 15 is 0 Å². The van der Waals surface area contributed by atoms with Gasteiger partial charge in [-0.15, -0.1) is 0 Å². The number of hydrogen-bond donors (Lipinski definition) is 1. The number of carbonyl (C=O) groups excluding carboxylic acids is 1. The lowest BCUT2D eigenvalue weighted by molar-refractivity contribution is -0.144. The molecule has 12 heavy (non-hydrogen) atoms. The molecule has 0 aromatic heterocycles. The third kappa shape index (κ3) is 2.46. The molecular weight excluding hydrogens is 158 g/mol. The van der Waals surface area contributed by atoms with Gasteiger partial charge in [-0.3, -0.25) is 9.63 Å². The van der Waals surface area contributed by atoms with E-state index in [4.69, 9.17) is 9.57 Å². The molecule has 0 aromatic carbocycles. The van der Waals surface area contributed by atoms with Gasteiger partial charge < -0.3 is 4.74 Å². The molecule has 0 aliphatic carbocycles. The molecule has 1 amide bonds. The van der Waals surface area contributed by atoms with Crippen molar-refractivity contribution in [3.8, 4) is 0 Å². The molecule has 70 valence electrons. The largest absolute Gasteiger partial charge is 0.365 e. The first-order valence-electron chi connectivity index (χ1n) is 4.31. The Morgan fingerprint density at radius 1 is 1.67 bits per heavy atom. The molecule has 2 atom stereocenters. The number of carbonyl (C=O) groups is 1. The maximum absolute atomic E-state index is 11.2. The number of amides is 1. The van der Waals surface area contributed by atoms with Gasteiger partial charge in [-0.05, 0) is 26.7 Å². The molecule has 4 heteroatoms. The van der Waals surface area contributed by atoms with Gasteiger partial charge in [-0.2, -0.15) is 0 Å². The highest BCUT2D eigenvalue weighted by atomic mass is 16.7. The molecule has 0 spiro atoms. The van der Waals surface area contributed by atoms with E-state index in [1.807, 2.05) is 13.8 Å². The Kier molecular flexibility index (Phi) is 3.49. The van der Waals surface area contributed by atoms with Gasteiger partial charge >= 0.3 is 0 Å². The molecule has 1 aliphatic heterocycles. The van der Waals surface area contributed by atoms with E-state index in [1.54, 1.807) is 0 Å². The summed E-state index contributed by atoms with van der Waals surface area (Å²) in [7, 11) is 0. The van der Waals surface area contributed by atoms with E-state index in [0.717, 1.165) is 12.8 Å². The summed E-state index contributed by atoms with van der Waals surface area (Å²) in [4.78, 5) is 16.0. The molecule has 1 N–H and O–H groups in total. The average Bonchev–Trinajstić information content (AvgIpc) is 2.47. The van der Waals surface area contributed by atoms with Crippen molar-refractivity contribution in [1.29, 1.82) is 0 Å². The van der Waals surface area contributed by atoms with E-state index in [-0.39, 0.29) is 18.1 Å². The summed E-state index contributed by atoms with van der Waals surface area (Å²) in [6.45, 7) is 4.26. The van der Waals surface area contributed by atoms with Crippen LogP contribution in [0.2, 0.25) is 0 Å². The van der Waals surface area contributed by atoms with Crippen LogP contribution in [-0.2, 0) is 14.4 Å². The standard InChI is InChI=1S/C8H15NO3/c1-3-11-9-8(10)7-5-4-6(2)12-7/h6-7H,3-5H2,1-2H3,(H,9,10)/t6-,7-/m0/s1. The minimum absolute atomic E-state index is 0.166. The number of hydrogen-bond acceptors (Lipinski definition) is 3. The quantitative estimate of drug-likeness (QED) is 0.636. The molecule has 0 saturated carbocycles. The molecule has 0 bridgehead atoms. The molecule has 0 aromatic rings. The van der Waals surface area contributed by atoms with Crippen LogP contribution in [0.25, 0.3) is 0 Å². The van der Waals surface area contributed by atoms with Crippen molar-refractivity contribution in [2.45, 2.75) is 38.9 Å². The maximum atomic E-state index is 11.2. The number of ether oxygens (including phenoxy) is 1. The Labute approximate surface area is 72.2 Å². The van der Waals surface area contributed by atoms with Crippen LogP contribution in [0, 0.1) is 0 Å². The normalized spacial score (nSPS) is 28.8. The van der Waals surface area contributed by atoms with E-state index in [2.05, 4.69) is 5.48 Å². The fraction of sp³-hybridized carbons (Fsp3) is 0.875. The lowest BCUT2D eigenvalue weighted by Gasteiger charge is -2.10. The summed E-state index contributed by atoms with van der Waals surface area (Å²) < 4.78 is 5.33. The second-order valence-electron chi connectivity index (χ2n) is 2.91. The molecule has 0 unspecified atom stereocenters. The van der Waals surface area contributed by atoms with Crippen LogP contribution >= 0.6 is 0 Å². The zero-order chi connectivity index (χ0) is 8.97. The van der Waals surface area contributed by atoms with Gasteiger partial charge in [0.15, 0.2) is 0 Å². The number of hydroxylamine groups is 1. The van der Waals surface area contributed by atoms with Crippen LogP contribution < -0.4 is 5.48 Å². The number of nitrogens with one attached hydrogen (secondary N) is 1. The van der Waals surface area contributed by atoms with Gasteiger partial charge in [-0.1, -0.05) is 0 Å². The molecule has 1 heterocycles. The van der Waals surface area contributed by atoms with Crippen molar-refractivity contribution in [3.05, 3.63) is 0 Å². The molecule has 1 fully saturated rings. The summed E-state index contributed by atoms with van der Waals surface area (Å²) in [6.07, 6.45) is 1.62. The second kappa shape index (κ2) is 4.42. The highest BCUT2D eigenvalue weighted by molar-refractivity contribution is 5.79. The Morgan fingerprint density at radius 3 is 2.92 bits per heavy atom. The van der Waals surface area contributed by atoms with Gasteiger partial charge in [0.05, 0.1) is 12.7 Å². The van der Waals surface area contributed by atoms with Crippen molar-refractivity contribution in [3.63, 3.8) is 0 Å². The van der Waals surface area contributed by atoms with Gasteiger partial charge in [0, 0.05) is 0 Å². The molecule has 1 aliphatic rings. The van der Waals surface area contributed by atoms with Crippen molar-refractivity contribution < 1.29 is 14.4 Å². The van der Waals surface area contributed by atoms with Crippen LogP contribution in [-0.4, -0.2) is 24.7 Å². The first kappa shape index (κ1) is 9.48. The van der Waals surface area contributed by atoms with Crippen LogP contribution in [0.1, 0.15) is 26.7 Å². The van der Waals surface area contributed by atoms with Gasteiger partial charge in [0.25, 0.3) is 5.91 Å². The van der Waals surface area contributed by atoms with Crippen molar-refractivity contribution in [1.82, 2.24) is 5.48 Å². The summed E-state index contributed by atoms with van der Waals surface area (Å²) in [5, 5.41) is 0.